The summed E-state index contributed by atoms with van der Waals surface area (Å²) < 4.78 is 0. The Bertz CT molecular complexity index is 321. The highest BCUT2D eigenvalue weighted by Crippen LogP contribution is 2.37. The molecule has 1 heterocycles. The molecule has 4 nitrogen and oxygen atoms in total. The number of amides is 2. The highest BCUT2D eigenvalue weighted by Gasteiger charge is 2.40. The average molecular weight is 224 g/mol. The van der Waals surface area contributed by atoms with E-state index < -0.39 is 5.54 Å². The highest BCUT2D eigenvalue weighted by atomic mass is 16.2. The number of hydrogen-bond donors (Lipinski definition) is 1. The molecule has 2 fully saturated rings. The molecule has 1 saturated heterocycles. The van der Waals surface area contributed by atoms with Crippen molar-refractivity contribution in [2.24, 2.45) is 11.8 Å². The lowest BCUT2D eigenvalue weighted by Crippen LogP contribution is -2.64. The van der Waals surface area contributed by atoms with Crippen LogP contribution in [0.5, 0.6) is 0 Å². The maximum Gasteiger partial charge on any atom is 0.248 e. The minimum Gasteiger partial charge on any atom is -0.341 e. The molecule has 2 amide bonds. The van der Waals surface area contributed by atoms with Gasteiger partial charge in [-0.05, 0) is 38.5 Å². The number of rotatable bonds is 3. The molecule has 0 aromatic heterocycles. The van der Waals surface area contributed by atoms with Crippen LogP contribution in [0.4, 0.5) is 0 Å². The fraction of sp³-hybridized carbons (Fsp3) is 0.833. The third-order valence-corrected chi connectivity index (χ3v) is 3.54. The van der Waals surface area contributed by atoms with E-state index >= 15 is 0 Å². The Morgan fingerprint density at radius 3 is 2.62 bits per heavy atom. The number of hydrogen-bond acceptors (Lipinski definition) is 2. The van der Waals surface area contributed by atoms with Crippen molar-refractivity contribution in [2.75, 3.05) is 13.1 Å². The van der Waals surface area contributed by atoms with Gasteiger partial charge in [-0.3, -0.25) is 9.59 Å². The van der Waals surface area contributed by atoms with E-state index in [-0.39, 0.29) is 18.4 Å². The molecule has 2 aliphatic rings. The first kappa shape index (κ1) is 11.4. The number of nitrogens with one attached hydrogen (secondary N) is 1. The smallest absolute Gasteiger partial charge is 0.248 e. The lowest BCUT2D eigenvalue weighted by Gasteiger charge is -2.38. The van der Waals surface area contributed by atoms with Crippen LogP contribution in [0.2, 0.25) is 0 Å². The maximum atomic E-state index is 12.1. The van der Waals surface area contributed by atoms with Gasteiger partial charge in [-0.15, -0.1) is 0 Å². The summed E-state index contributed by atoms with van der Waals surface area (Å²) in [6.07, 6.45) is 2.55. The van der Waals surface area contributed by atoms with E-state index in [1.165, 1.54) is 12.8 Å². The fourth-order valence-electron chi connectivity index (χ4n) is 2.39. The minimum absolute atomic E-state index is 0.0413. The van der Waals surface area contributed by atoms with Crippen LogP contribution in [0.25, 0.3) is 0 Å². The minimum atomic E-state index is -0.737. The van der Waals surface area contributed by atoms with Crippen molar-refractivity contribution in [3.63, 3.8) is 0 Å². The first-order chi connectivity index (χ1) is 7.40. The summed E-state index contributed by atoms with van der Waals surface area (Å²) in [6, 6.07) is 0. The lowest BCUT2D eigenvalue weighted by atomic mass is 9.98. The van der Waals surface area contributed by atoms with Crippen LogP contribution >= 0.6 is 0 Å². The van der Waals surface area contributed by atoms with Crippen molar-refractivity contribution in [1.29, 1.82) is 0 Å². The Morgan fingerprint density at radius 2 is 2.06 bits per heavy atom. The average Bonchev–Trinajstić information content (AvgIpc) is 2.95. The molecule has 1 aliphatic carbocycles. The molecular formula is C12H20N2O2. The summed E-state index contributed by atoms with van der Waals surface area (Å²) in [5, 5.41) is 2.72. The van der Waals surface area contributed by atoms with E-state index in [1.54, 1.807) is 18.7 Å². The third-order valence-electron chi connectivity index (χ3n) is 3.54. The number of carbonyl (C=O) groups is 2. The second-order valence-electron chi connectivity index (χ2n) is 5.67. The molecule has 16 heavy (non-hydrogen) atoms. The largest absolute Gasteiger partial charge is 0.341 e. The van der Waals surface area contributed by atoms with Crippen molar-refractivity contribution < 1.29 is 9.59 Å². The number of nitrogens with zero attached hydrogens (tertiary/aromatic N) is 1. The van der Waals surface area contributed by atoms with Crippen LogP contribution < -0.4 is 5.32 Å². The topological polar surface area (TPSA) is 49.4 Å². The SMILES string of the molecule is CC(CN1CC(=O)NC(C)(C)C1=O)C1CC1. The fourth-order valence-corrected chi connectivity index (χ4v) is 2.39. The van der Waals surface area contributed by atoms with E-state index in [4.69, 9.17) is 0 Å². The molecule has 1 unspecified atom stereocenters. The zero-order valence-electron chi connectivity index (χ0n) is 10.2. The van der Waals surface area contributed by atoms with Crippen LogP contribution in [0.15, 0.2) is 0 Å². The zero-order valence-corrected chi connectivity index (χ0v) is 10.2. The van der Waals surface area contributed by atoms with E-state index in [9.17, 15) is 9.59 Å². The Hall–Kier alpha value is -1.06. The molecule has 0 radical (unpaired) electrons. The summed E-state index contributed by atoms with van der Waals surface area (Å²) >= 11 is 0. The molecule has 2 rings (SSSR count). The van der Waals surface area contributed by atoms with Gasteiger partial charge in [0.25, 0.3) is 0 Å². The van der Waals surface area contributed by atoms with Gasteiger partial charge in [-0.2, -0.15) is 0 Å². The Kier molecular flexibility index (Phi) is 2.68. The molecule has 0 aromatic carbocycles. The van der Waals surface area contributed by atoms with E-state index in [0.717, 1.165) is 12.5 Å². The molecule has 1 aliphatic heterocycles. The van der Waals surface area contributed by atoms with Crippen molar-refractivity contribution in [3.05, 3.63) is 0 Å². The quantitative estimate of drug-likeness (QED) is 0.769. The standard InChI is InChI=1S/C12H20N2O2/c1-8(9-4-5-9)6-14-7-10(15)13-12(2,3)11(14)16/h8-9H,4-7H2,1-3H3,(H,13,15). The lowest BCUT2D eigenvalue weighted by molar-refractivity contribution is -0.149. The molecule has 0 bridgehead atoms. The van der Waals surface area contributed by atoms with E-state index in [2.05, 4.69) is 12.2 Å². The second-order valence-corrected chi connectivity index (χ2v) is 5.67. The normalized spacial score (nSPS) is 26.6. The molecule has 4 heteroatoms. The van der Waals surface area contributed by atoms with Crippen LogP contribution in [0.1, 0.15) is 33.6 Å². The van der Waals surface area contributed by atoms with Crippen LogP contribution in [-0.2, 0) is 9.59 Å². The molecule has 90 valence electrons. The Balaban J connectivity index is 2.01. The Labute approximate surface area is 96.4 Å². The van der Waals surface area contributed by atoms with Gasteiger partial charge in [0.2, 0.25) is 11.8 Å². The van der Waals surface area contributed by atoms with Crippen molar-refractivity contribution in [1.82, 2.24) is 10.2 Å². The molecule has 0 spiro atoms. The van der Waals surface area contributed by atoms with Gasteiger partial charge in [0, 0.05) is 6.54 Å². The molecular weight excluding hydrogens is 204 g/mol. The summed E-state index contributed by atoms with van der Waals surface area (Å²) in [5.74, 6) is 1.28. The van der Waals surface area contributed by atoms with Crippen LogP contribution in [0.3, 0.4) is 0 Å². The first-order valence-electron chi connectivity index (χ1n) is 6.00. The molecule has 0 aromatic rings. The van der Waals surface area contributed by atoms with E-state index in [0.29, 0.717) is 5.92 Å². The second kappa shape index (κ2) is 3.75. The van der Waals surface area contributed by atoms with Gasteiger partial charge in [-0.1, -0.05) is 6.92 Å². The monoisotopic (exact) mass is 224 g/mol. The van der Waals surface area contributed by atoms with Crippen LogP contribution in [-0.4, -0.2) is 35.3 Å². The summed E-state index contributed by atoms with van der Waals surface area (Å²) in [7, 11) is 0. The van der Waals surface area contributed by atoms with Gasteiger partial charge in [0.05, 0.1) is 6.54 Å². The van der Waals surface area contributed by atoms with Gasteiger partial charge in [0.15, 0.2) is 0 Å². The van der Waals surface area contributed by atoms with Crippen molar-refractivity contribution >= 4 is 11.8 Å². The number of carbonyl (C=O) groups excluding carboxylic acids is 2. The zero-order chi connectivity index (χ0) is 11.9. The van der Waals surface area contributed by atoms with Gasteiger partial charge in [0.1, 0.15) is 5.54 Å². The third kappa shape index (κ3) is 2.20. The van der Waals surface area contributed by atoms with Crippen molar-refractivity contribution in [3.8, 4) is 0 Å². The maximum absolute atomic E-state index is 12.1. The molecule has 1 atom stereocenters. The highest BCUT2D eigenvalue weighted by molar-refractivity contribution is 5.97. The van der Waals surface area contributed by atoms with Gasteiger partial charge in [-0.25, -0.2) is 0 Å². The van der Waals surface area contributed by atoms with Gasteiger partial charge >= 0.3 is 0 Å². The predicted molar refractivity (Wildman–Crippen MR) is 60.7 cm³/mol. The Morgan fingerprint density at radius 1 is 1.44 bits per heavy atom. The molecule has 1 N–H and O–H groups in total. The number of piperazine rings is 1. The summed E-state index contributed by atoms with van der Waals surface area (Å²) in [6.45, 7) is 6.65. The summed E-state index contributed by atoms with van der Waals surface area (Å²) in [5.41, 5.74) is -0.737. The summed E-state index contributed by atoms with van der Waals surface area (Å²) in [4.78, 5) is 25.3. The van der Waals surface area contributed by atoms with E-state index in [1.807, 2.05) is 0 Å². The van der Waals surface area contributed by atoms with Gasteiger partial charge < -0.3 is 10.2 Å². The van der Waals surface area contributed by atoms with Crippen LogP contribution in [0, 0.1) is 11.8 Å². The first-order valence-corrected chi connectivity index (χ1v) is 6.00. The van der Waals surface area contributed by atoms with Crippen molar-refractivity contribution in [2.45, 2.75) is 39.2 Å². The predicted octanol–water partition coefficient (Wildman–Crippen LogP) is 0.769. The molecule has 1 saturated carbocycles.